The minimum Gasteiger partial charge on any atom is -0.351 e. The summed E-state index contributed by atoms with van der Waals surface area (Å²) in [5, 5.41) is 2.06. The van der Waals surface area contributed by atoms with Gasteiger partial charge in [0.05, 0.1) is 5.56 Å². The Hall–Kier alpha value is -1.21. The molecule has 8 heteroatoms. The molecule has 0 bridgehead atoms. The summed E-state index contributed by atoms with van der Waals surface area (Å²) in [6, 6.07) is 3.33. The van der Waals surface area contributed by atoms with Crippen molar-refractivity contribution in [3.8, 4) is 0 Å². The Labute approximate surface area is 115 Å². The van der Waals surface area contributed by atoms with Crippen molar-refractivity contribution in [1.29, 1.82) is 0 Å². The number of carbonyl (C=O) groups excluding carboxylic acids is 1. The zero-order valence-electron chi connectivity index (χ0n) is 10.8. The second kappa shape index (κ2) is 6.81. The molecular weight excluding hydrogens is 297 g/mol. The predicted molar refractivity (Wildman–Crippen MR) is 73.8 cm³/mol. The summed E-state index contributed by atoms with van der Waals surface area (Å²) in [6.45, 7) is 6.28. The molecular formula is C11H16ClF3N2OSi. The number of carbonyl (C=O) groups is 1. The third-order valence-corrected chi connectivity index (χ3v) is 1.46. The Morgan fingerprint density at radius 2 is 1.79 bits per heavy atom. The molecule has 3 N–H and O–H groups in total. The molecule has 0 spiro atoms. The van der Waals surface area contributed by atoms with Crippen molar-refractivity contribution in [2.75, 3.05) is 5.32 Å². The molecule has 0 fully saturated rings. The highest BCUT2D eigenvalue weighted by Crippen LogP contribution is 2.30. The number of primary amides is 1. The lowest BCUT2D eigenvalue weighted by Crippen LogP contribution is -2.19. The monoisotopic (exact) mass is 312 g/mol. The number of nitrogens with one attached hydrogen (secondary N) is 1. The van der Waals surface area contributed by atoms with Crippen molar-refractivity contribution in [2.45, 2.75) is 25.8 Å². The van der Waals surface area contributed by atoms with E-state index in [1.165, 1.54) is 12.1 Å². The molecule has 0 radical (unpaired) electrons. The minimum atomic E-state index is -4.42. The molecule has 0 saturated carbocycles. The van der Waals surface area contributed by atoms with Crippen molar-refractivity contribution in [2.24, 2.45) is 5.73 Å². The van der Waals surface area contributed by atoms with E-state index in [1.54, 1.807) is 0 Å². The molecule has 0 aromatic heterocycles. The van der Waals surface area contributed by atoms with Gasteiger partial charge >= 0.3 is 12.2 Å². The smallest absolute Gasteiger partial charge is 0.351 e. The molecule has 1 aromatic carbocycles. The van der Waals surface area contributed by atoms with E-state index in [1.807, 2.05) is 0 Å². The topological polar surface area (TPSA) is 55.1 Å². The van der Waals surface area contributed by atoms with Gasteiger partial charge in [0.15, 0.2) is 0 Å². The van der Waals surface area contributed by atoms with E-state index < -0.39 is 25.2 Å². The van der Waals surface area contributed by atoms with Gasteiger partial charge < -0.3 is 11.1 Å². The van der Waals surface area contributed by atoms with Crippen LogP contribution in [0.3, 0.4) is 0 Å². The molecule has 0 aliphatic carbocycles. The molecule has 0 saturated heterocycles. The zero-order chi connectivity index (χ0) is 15.3. The summed E-state index contributed by atoms with van der Waals surface area (Å²) in [5.41, 5.74) is 3.94. The van der Waals surface area contributed by atoms with Crippen molar-refractivity contribution >= 4 is 30.2 Å². The minimum absolute atomic E-state index is 0.0207. The fraction of sp³-hybridized carbons (Fsp3) is 0.364. The number of nitrogens with two attached hydrogens (primary N) is 1. The van der Waals surface area contributed by atoms with Crippen LogP contribution in [0.5, 0.6) is 0 Å². The lowest BCUT2D eigenvalue weighted by Gasteiger charge is -2.08. The van der Waals surface area contributed by atoms with Crippen molar-refractivity contribution in [3.05, 3.63) is 29.8 Å². The summed E-state index contributed by atoms with van der Waals surface area (Å²) in [7, 11) is -1.14. The third kappa shape index (κ3) is 10.4. The first kappa shape index (κ1) is 17.8. The highest BCUT2D eigenvalue weighted by atomic mass is 35.6. The molecule has 1 rings (SSSR count). The van der Waals surface area contributed by atoms with Gasteiger partial charge in [-0.25, -0.2) is 4.79 Å². The van der Waals surface area contributed by atoms with Crippen LogP contribution in [0, 0.1) is 0 Å². The van der Waals surface area contributed by atoms with Gasteiger partial charge in [0.1, 0.15) is 7.38 Å². The van der Waals surface area contributed by atoms with Gasteiger partial charge in [-0.3, -0.25) is 0 Å². The van der Waals surface area contributed by atoms with Gasteiger partial charge in [-0.2, -0.15) is 24.3 Å². The maximum atomic E-state index is 12.2. The number of benzene rings is 1. The number of halogens is 4. The third-order valence-electron chi connectivity index (χ3n) is 1.46. The van der Waals surface area contributed by atoms with E-state index >= 15 is 0 Å². The van der Waals surface area contributed by atoms with Gasteiger partial charge in [0, 0.05) is 5.69 Å². The molecule has 3 nitrogen and oxygen atoms in total. The number of hydrogen-bond donors (Lipinski definition) is 2. The Balaban J connectivity index is 0.000000555. The number of alkyl halides is 3. The standard InChI is InChI=1S/C8H7F3N2O.C3H9ClSi/c9-8(10,11)5-2-1-3-6(4-5)13-7(12)14;1-5(2,3)4/h1-4H,(H3,12,13,14);1-3H3. The summed E-state index contributed by atoms with van der Waals surface area (Å²) in [4.78, 5) is 10.4. The molecule has 0 atom stereocenters. The molecule has 1 aromatic rings. The van der Waals surface area contributed by atoms with E-state index in [2.05, 4.69) is 25.0 Å². The number of anilines is 1. The molecule has 0 heterocycles. The van der Waals surface area contributed by atoms with Crippen molar-refractivity contribution in [3.63, 3.8) is 0 Å². The number of urea groups is 1. The Morgan fingerprint density at radius 1 is 1.32 bits per heavy atom. The van der Waals surface area contributed by atoms with Crippen LogP contribution in [0.4, 0.5) is 23.7 Å². The number of amides is 2. The lowest BCUT2D eigenvalue weighted by molar-refractivity contribution is -0.137. The maximum Gasteiger partial charge on any atom is 0.416 e. The van der Waals surface area contributed by atoms with E-state index in [0.717, 1.165) is 12.1 Å². The number of rotatable bonds is 1. The average Bonchev–Trinajstić information content (AvgIpc) is 2.12. The lowest BCUT2D eigenvalue weighted by atomic mass is 10.2. The Morgan fingerprint density at radius 3 is 2.16 bits per heavy atom. The van der Waals surface area contributed by atoms with Crippen LogP contribution < -0.4 is 11.1 Å². The Bertz CT molecular complexity index is 427. The summed E-state index contributed by atoms with van der Waals surface area (Å²) >= 11 is 5.67. The van der Waals surface area contributed by atoms with E-state index in [0.29, 0.717) is 0 Å². The normalized spacial score (nSPS) is 11.3. The van der Waals surface area contributed by atoms with E-state index in [-0.39, 0.29) is 5.69 Å². The van der Waals surface area contributed by atoms with Crippen LogP contribution in [0.1, 0.15) is 5.56 Å². The molecule has 2 amide bonds. The first-order valence-electron chi connectivity index (χ1n) is 5.32. The SMILES string of the molecule is C[Si](C)(C)Cl.NC(=O)Nc1cccc(C(F)(F)F)c1. The van der Waals surface area contributed by atoms with Crippen molar-refractivity contribution < 1.29 is 18.0 Å². The Kier molecular flexibility index (Phi) is 6.37. The second-order valence-corrected chi connectivity index (χ2v) is 12.2. The first-order valence-corrected chi connectivity index (χ1v) is 9.83. The molecule has 0 aliphatic rings. The van der Waals surface area contributed by atoms with Crippen LogP contribution in [-0.2, 0) is 6.18 Å². The van der Waals surface area contributed by atoms with Crippen LogP contribution in [0.15, 0.2) is 24.3 Å². The molecule has 19 heavy (non-hydrogen) atoms. The van der Waals surface area contributed by atoms with E-state index in [4.69, 9.17) is 16.8 Å². The number of hydrogen-bond acceptors (Lipinski definition) is 1. The molecule has 0 aliphatic heterocycles. The van der Waals surface area contributed by atoms with Gasteiger partial charge in [0.25, 0.3) is 0 Å². The fourth-order valence-corrected chi connectivity index (χ4v) is 0.916. The fourth-order valence-electron chi connectivity index (χ4n) is 0.916. The summed E-state index contributed by atoms with van der Waals surface area (Å²) in [6.07, 6.45) is -4.42. The van der Waals surface area contributed by atoms with Gasteiger partial charge in [-0.1, -0.05) is 25.7 Å². The molecule has 0 unspecified atom stereocenters. The quantitative estimate of drug-likeness (QED) is 0.591. The van der Waals surface area contributed by atoms with Gasteiger partial charge in [-0.15, -0.1) is 0 Å². The van der Waals surface area contributed by atoms with Crippen LogP contribution in [0.25, 0.3) is 0 Å². The molecule has 108 valence electrons. The summed E-state index contributed by atoms with van der Waals surface area (Å²) < 4.78 is 36.5. The highest BCUT2D eigenvalue weighted by Gasteiger charge is 2.30. The van der Waals surface area contributed by atoms with Crippen LogP contribution in [0.2, 0.25) is 19.6 Å². The highest BCUT2D eigenvalue weighted by molar-refractivity contribution is 7.18. The van der Waals surface area contributed by atoms with Crippen molar-refractivity contribution in [1.82, 2.24) is 0 Å². The second-order valence-electron chi connectivity index (χ2n) is 4.63. The van der Waals surface area contributed by atoms with Crippen LogP contribution in [-0.4, -0.2) is 13.4 Å². The largest absolute Gasteiger partial charge is 0.416 e. The average molecular weight is 313 g/mol. The summed E-state index contributed by atoms with van der Waals surface area (Å²) in [5.74, 6) is 0. The zero-order valence-corrected chi connectivity index (χ0v) is 12.6. The predicted octanol–water partition coefficient (Wildman–Crippen LogP) is 4.26. The van der Waals surface area contributed by atoms with Gasteiger partial charge in [0.2, 0.25) is 0 Å². The van der Waals surface area contributed by atoms with E-state index in [9.17, 15) is 18.0 Å². The van der Waals surface area contributed by atoms with Crippen LogP contribution >= 0.6 is 11.1 Å². The maximum absolute atomic E-state index is 12.2. The first-order chi connectivity index (χ1) is 8.39. The van der Waals surface area contributed by atoms with Gasteiger partial charge in [-0.05, 0) is 18.2 Å².